The van der Waals surface area contributed by atoms with Crippen molar-refractivity contribution in [2.75, 3.05) is 24.5 Å². The third kappa shape index (κ3) is 4.20. The minimum Gasteiger partial charge on any atom is -0.356 e. The van der Waals surface area contributed by atoms with Crippen LogP contribution < -0.4 is 10.2 Å². The summed E-state index contributed by atoms with van der Waals surface area (Å²) in [5.41, 5.74) is 1.29. The number of pyridine rings is 1. The predicted molar refractivity (Wildman–Crippen MR) is 83.9 cm³/mol. The zero-order valence-electron chi connectivity index (χ0n) is 12.6. The Hall–Kier alpha value is -1.09. The molecule has 20 heavy (non-hydrogen) atoms. The number of aromatic nitrogens is 1. The minimum atomic E-state index is 0.932. The molecule has 0 unspecified atom stereocenters. The largest absolute Gasteiger partial charge is 0.356 e. The third-order valence-electron chi connectivity index (χ3n) is 4.24. The van der Waals surface area contributed by atoms with Crippen molar-refractivity contribution in [3.63, 3.8) is 0 Å². The van der Waals surface area contributed by atoms with Crippen molar-refractivity contribution < 1.29 is 0 Å². The van der Waals surface area contributed by atoms with Crippen molar-refractivity contribution in [1.82, 2.24) is 10.3 Å². The highest BCUT2D eigenvalue weighted by Gasteiger charge is 2.29. The number of nitrogens with one attached hydrogen (secondary N) is 1. The van der Waals surface area contributed by atoms with Crippen molar-refractivity contribution >= 4 is 5.82 Å². The van der Waals surface area contributed by atoms with Gasteiger partial charge in [0.25, 0.3) is 0 Å². The standard InChI is InChI=1S/C17H27N3/c1-2-9-18-10-16-7-8-17(19-11-16)20(12-14-3-4-14)13-15-5-6-15/h7-8,11,14-15,18H,2-6,9-10,12-13H2,1H3. The van der Waals surface area contributed by atoms with Crippen LogP contribution in [0.3, 0.4) is 0 Å². The van der Waals surface area contributed by atoms with Crippen LogP contribution in [-0.4, -0.2) is 24.6 Å². The molecule has 1 N–H and O–H groups in total. The first-order chi connectivity index (χ1) is 9.85. The van der Waals surface area contributed by atoms with Crippen molar-refractivity contribution in [2.24, 2.45) is 11.8 Å². The Kier molecular flexibility index (Phi) is 4.56. The SMILES string of the molecule is CCCNCc1ccc(N(CC2CC2)CC2CC2)nc1. The molecular weight excluding hydrogens is 246 g/mol. The Morgan fingerprint density at radius 3 is 2.35 bits per heavy atom. The maximum Gasteiger partial charge on any atom is 0.128 e. The molecule has 110 valence electrons. The van der Waals surface area contributed by atoms with E-state index in [1.54, 1.807) is 0 Å². The molecule has 2 saturated carbocycles. The van der Waals surface area contributed by atoms with Crippen LogP contribution in [-0.2, 0) is 6.54 Å². The van der Waals surface area contributed by atoms with Crippen LogP contribution in [0.5, 0.6) is 0 Å². The van der Waals surface area contributed by atoms with Gasteiger partial charge in [-0.05, 0) is 62.1 Å². The molecule has 2 aliphatic carbocycles. The summed E-state index contributed by atoms with van der Waals surface area (Å²) in [7, 11) is 0. The summed E-state index contributed by atoms with van der Waals surface area (Å²) in [5, 5.41) is 3.43. The zero-order chi connectivity index (χ0) is 13.8. The van der Waals surface area contributed by atoms with Crippen molar-refractivity contribution in [2.45, 2.75) is 45.6 Å². The van der Waals surface area contributed by atoms with Crippen LogP contribution in [0.1, 0.15) is 44.6 Å². The van der Waals surface area contributed by atoms with Crippen molar-refractivity contribution in [3.05, 3.63) is 23.9 Å². The van der Waals surface area contributed by atoms with E-state index >= 15 is 0 Å². The quantitative estimate of drug-likeness (QED) is 0.700. The molecule has 3 rings (SSSR count). The molecule has 0 saturated heterocycles. The predicted octanol–water partition coefficient (Wildman–Crippen LogP) is 3.21. The molecule has 1 heterocycles. The molecule has 0 aliphatic heterocycles. The van der Waals surface area contributed by atoms with Gasteiger partial charge in [-0.3, -0.25) is 0 Å². The molecule has 0 atom stereocenters. The lowest BCUT2D eigenvalue weighted by atomic mass is 10.2. The molecule has 1 aromatic rings. The van der Waals surface area contributed by atoms with Gasteiger partial charge in [-0.2, -0.15) is 0 Å². The zero-order valence-corrected chi connectivity index (χ0v) is 12.6. The average molecular weight is 273 g/mol. The lowest BCUT2D eigenvalue weighted by Gasteiger charge is -2.23. The van der Waals surface area contributed by atoms with Crippen LogP contribution in [0.4, 0.5) is 5.82 Å². The average Bonchev–Trinajstić information content (AvgIpc) is 3.35. The summed E-state index contributed by atoms with van der Waals surface area (Å²) in [5.74, 6) is 3.05. The van der Waals surface area contributed by atoms with E-state index in [2.05, 4.69) is 29.3 Å². The summed E-state index contributed by atoms with van der Waals surface area (Å²) in [6, 6.07) is 4.45. The first-order valence-electron chi connectivity index (χ1n) is 8.25. The van der Waals surface area contributed by atoms with E-state index < -0.39 is 0 Å². The Balaban J connectivity index is 1.57. The summed E-state index contributed by atoms with van der Waals surface area (Å²) < 4.78 is 0. The van der Waals surface area contributed by atoms with Crippen LogP contribution in [0.15, 0.2) is 18.3 Å². The molecule has 0 aromatic carbocycles. The molecule has 3 nitrogen and oxygen atoms in total. The number of hydrogen-bond donors (Lipinski definition) is 1. The number of nitrogens with zero attached hydrogens (tertiary/aromatic N) is 2. The van der Waals surface area contributed by atoms with Gasteiger partial charge in [0.2, 0.25) is 0 Å². The minimum absolute atomic E-state index is 0.932. The highest BCUT2D eigenvalue weighted by Crippen LogP contribution is 2.35. The molecule has 0 amide bonds. The molecule has 2 aliphatic rings. The number of rotatable bonds is 9. The summed E-state index contributed by atoms with van der Waals surface area (Å²) in [6.07, 6.45) is 8.90. The molecule has 1 aromatic heterocycles. The first kappa shape index (κ1) is 13.9. The van der Waals surface area contributed by atoms with E-state index in [4.69, 9.17) is 4.98 Å². The second-order valence-electron chi connectivity index (χ2n) is 6.49. The molecule has 3 heteroatoms. The second-order valence-corrected chi connectivity index (χ2v) is 6.49. The van der Waals surface area contributed by atoms with Crippen molar-refractivity contribution in [3.8, 4) is 0 Å². The van der Waals surface area contributed by atoms with Crippen molar-refractivity contribution in [1.29, 1.82) is 0 Å². The fourth-order valence-corrected chi connectivity index (χ4v) is 2.60. The van der Waals surface area contributed by atoms with E-state index in [1.807, 2.05) is 6.20 Å². The first-order valence-corrected chi connectivity index (χ1v) is 8.25. The topological polar surface area (TPSA) is 28.2 Å². The van der Waals surface area contributed by atoms with Gasteiger partial charge in [-0.1, -0.05) is 13.0 Å². The van der Waals surface area contributed by atoms with E-state index in [0.29, 0.717) is 0 Å². The number of anilines is 1. The third-order valence-corrected chi connectivity index (χ3v) is 4.24. The normalized spacial score (nSPS) is 18.2. The Morgan fingerprint density at radius 2 is 1.85 bits per heavy atom. The Morgan fingerprint density at radius 1 is 1.15 bits per heavy atom. The van der Waals surface area contributed by atoms with E-state index in [-0.39, 0.29) is 0 Å². The van der Waals surface area contributed by atoms with Gasteiger partial charge in [0.1, 0.15) is 5.82 Å². The fraction of sp³-hybridized carbons (Fsp3) is 0.706. The Bertz CT molecular complexity index is 393. The lowest BCUT2D eigenvalue weighted by Crippen LogP contribution is -2.28. The van der Waals surface area contributed by atoms with Gasteiger partial charge in [-0.25, -0.2) is 4.98 Å². The number of hydrogen-bond acceptors (Lipinski definition) is 3. The maximum absolute atomic E-state index is 4.71. The van der Waals surface area contributed by atoms with Gasteiger partial charge in [0.15, 0.2) is 0 Å². The van der Waals surface area contributed by atoms with Crippen LogP contribution in [0.2, 0.25) is 0 Å². The lowest BCUT2D eigenvalue weighted by molar-refractivity contribution is 0.664. The summed E-state index contributed by atoms with van der Waals surface area (Å²) in [6.45, 7) is 6.65. The van der Waals surface area contributed by atoms with Crippen LogP contribution >= 0.6 is 0 Å². The fourth-order valence-electron chi connectivity index (χ4n) is 2.60. The Labute approximate surface area is 122 Å². The molecule has 2 fully saturated rings. The van der Waals surface area contributed by atoms with E-state index in [1.165, 1.54) is 56.6 Å². The van der Waals surface area contributed by atoms with Gasteiger partial charge >= 0.3 is 0 Å². The van der Waals surface area contributed by atoms with Gasteiger partial charge in [-0.15, -0.1) is 0 Å². The summed E-state index contributed by atoms with van der Waals surface area (Å²) in [4.78, 5) is 7.23. The van der Waals surface area contributed by atoms with E-state index in [9.17, 15) is 0 Å². The smallest absolute Gasteiger partial charge is 0.128 e. The molecule has 0 spiro atoms. The van der Waals surface area contributed by atoms with Gasteiger partial charge < -0.3 is 10.2 Å². The maximum atomic E-state index is 4.71. The molecule has 0 bridgehead atoms. The van der Waals surface area contributed by atoms with Crippen LogP contribution in [0, 0.1) is 11.8 Å². The highest BCUT2D eigenvalue weighted by molar-refractivity contribution is 5.40. The molecular formula is C17H27N3. The van der Waals surface area contributed by atoms with Crippen LogP contribution in [0.25, 0.3) is 0 Å². The molecule has 0 radical (unpaired) electrons. The van der Waals surface area contributed by atoms with Gasteiger partial charge in [0.05, 0.1) is 0 Å². The summed E-state index contributed by atoms with van der Waals surface area (Å²) >= 11 is 0. The highest BCUT2D eigenvalue weighted by atomic mass is 15.2. The van der Waals surface area contributed by atoms with E-state index in [0.717, 1.165) is 24.9 Å². The second kappa shape index (κ2) is 6.57. The monoisotopic (exact) mass is 273 g/mol. The van der Waals surface area contributed by atoms with Gasteiger partial charge in [0, 0.05) is 25.8 Å².